The first kappa shape index (κ1) is 16.8. The van der Waals surface area contributed by atoms with Crippen LogP contribution in [-0.4, -0.2) is 25.2 Å². The monoisotopic (exact) mass is 334 g/mol. The Morgan fingerprint density at radius 2 is 1.64 bits per heavy atom. The van der Waals surface area contributed by atoms with Crippen LogP contribution in [-0.2, 0) is 6.42 Å². The molecule has 0 aromatic heterocycles. The summed E-state index contributed by atoms with van der Waals surface area (Å²) in [6, 6.07) is 23.0. The molecule has 2 aliphatic carbocycles. The maximum atomic E-state index is 3.84. The standard InChI is InChI=1S/C23H30N2/c1-18(14-19-8-4-2-5-9-19)24-16-23(12-13-23)17-25-22-15-21(22)20-10-6-3-7-11-20/h2-11,18,21-22,24-25H,12-17H2,1H3/t18-,21?,22-/m1/s1. The van der Waals surface area contributed by atoms with E-state index in [0.717, 1.165) is 18.9 Å². The third kappa shape index (κ3) is 4.50. The third-order valence-electron chi connectivity index (χ3n) is 5.92. The minimum atomic E-state index is 0.509. The highest BCUT2D eigenvalue weighted by molar-refractivity contribution is 5.27. The van der Waals surface area contributed by atoms with Crippen molar-refractivity contribution in [1.29, 1.82) is 0 Å². The van der Waals surface area contributed by atoms with Crippen molar-refractivity contribution in [3.63, 3.8) is 0 Å². The summed E-state index contributed by atoms with van der Waals surface area (Å²) >= 11 is 0. The lowest BCUT2D eigenvalue weighted by Gasteiger charge is -2.21. The number of benzene rings is 2. The summed E-state index contributed by atoms with van der Waals surface area (Å²) in [6.07, 6.45) is 5.16. The molecule has 0 bridgehead atoms. The quantitative estimate of drug-likeness (QED) is 0.720. The first-order valence-electron chi connectivity index (χ1n) is 9.80. The summed E-state index contributed by atoms with van der Waals surface area (Å²) in [7, 11) is 0. The lowest BCUT2D eigenvalue weighted by atomic mass is 10.0. The maximum Gasteiger partial charge on any atom is 0.0143 e. The SMILES string of the molecule is C[C@H](Cc1ccccc1)NCC1(CN[C@@H]2CC2c2ccccc2)CC1. The molecular weight excluding hydrogens is 304 g/mol. The highest BCUT2D eigenvalue weighted by Crippen LogP contribution is 2.46. The summed E-state index contributed by atoms with van der Waals surface area (Å²) in [5.41, 5.74) is 3.43. The first-order chi connectivity index (χ1) is 12.2. The zero-order valence-corrected chi connectivity index (χ0v) is 15.2. The van der Waals surface area contributed by atoms with Gasteiger partial charge in [-0.05, 0) is 49.1 Å². The molecule has 2 saturated carbocycles. The fourth-order valence-corrected chi connectivity index (χ4v) is 3.86. The van der Waals surface area contributed by atoms with E-state index >= 15 is 0 Å². The molecule has 2 fully saturated rings. The van der Waals surface area contributed by atoms with Crippen molar-refractivity contribution >= 4 is 0 Å². The fraction of sp³-hybridized carbons (Fsp3) is 0.478. The van der Waals surface area contributed by atoms with Crippen LogP contribution in [0.15, 0.2) is 60.7 Å². The van der Waals surface area contributed by atoms with Crippen LogP contribution in [0, 0.1) is 5.41 Å². The van der Waals surface area contributed by atoms with Gasteiger partial charge in [0.2, 0.25) is 0 Å². The van der Waals surface area contributed by atoms with Crippen LogP contribution in [0.4, 0.5) is 0 Å². The molecule has 132 valence electrons. The predicted molar refractivity (Wildman–Crippen MR) is 105 cm³/mol. The first-order valence-corrected chi connectivity index (χ1v) is 9.80. The van der Waals surface area contributed by atoms with E-state index < -0.39 is 0 Å². The fourth-order valence-electron chi connectivity index (χ4n) is 3.86. The van der Waals surface area contributed by atoms with Gasteiger partial charge in [0.25, 0.3) is 0 Å². The minimum Gasteiger partial charge on any atom is -0.313 e. The van der Waals surface area contributed by atoms with Crippen molar-refractivity contribution in [3.8, 4) is 0 Å². The van der Waals surface area contributed by atoms with Gasteiger partial charge in [0, 0.05) is 31.1 Å². The topological polar surface area (TPSA) is 24.1 Å². The summed E-state index contributed by atoms with van der Waals surface area (Å²) in [5, 5.41) is 7.62. The summed E-state index contributed by atoms with van der Waals surface area (Å²) in [5.74, 6) is 0.738. The molecule has 0 radical (unpaired) electrons. The molecule has 4 rings (SSSR count). The Bertz CT molecular complexity index is 655. The van der Waals surface area contributed by atoms with Crippen LogP contribution < -0.4 is 10.6 Å². The van der Waals surface area contributed by atoms with Crippen molar-refractivity contribution in [2.75, 3.05) is 13.1 Å². The molecule has 3 atom stereocenters. The normalized spacial score (nSPS) is 24.7. The van der Waals surface area contributed by atoms with E-state index in [-0.39, 0.29) is 0 Å². The largest absolute Gasteiger partial charge is 0.313 e. The van der Waals surface area contributed by atoms with Crippen LogP contribution in [0.5, 0.6) is 0 Å². The van der Waals surface area contributed by atoms with Crippen LogP contribution >= 0.6 is 0 Å². The zero-order valence-electron chi connectivity index (χ0n) is 15.2. The molecule has 0 saturated heterocycles. The molecule has 0 spiro atoms. The molecule has 2 aromatic carbocycles. The van der Waals surface area contributed by atoms with Crippen LogP contribution in [0.25, 0.3) is 0 Å². The van der Waals surface area contributed by atoms with Crippen LogP contribution in [0.3, 0.4) is 0 Å². The Morgan fingerprint density at radius 1 is 0.960 bits per heavy atom. The molecule has 1 unspecified atom stereocenters. The molecule has 0 amide bonds. The molecule has 2 nitrogen and oxygen atoms in total. The van der Waals surface area contributed by atoms with E-state index in [1.165, 1.54) is 36.9 Å². The maximum absolute atomic E-state index is 3.84. The van der Waals surface area contributed by atoms with Crippen molar-refractivity contribution < 1.29 is 0 Å². The van der Waals surface area contributed by atoms with E-state index in [0.29, 0.717) is 17.5 Å². The smallest absolute Gasteiger partial charge is 0.0143 e. The van der Waals surface area contributed by atoms with Crippen LogP contribution in [0.2, 0.25) is 0 Å². The van der Waals surface area contributed by atoms with Gasteiger partial charge in [-0.2, -0.15) is 0 Å². The number of hydrogen-bond donors (Lipinski definition) is 2. The van der Waals surface area contributed by atoms with Gasteiger partial charge >= 0.3 is 0 Å². The molecule has 2 aliphatic rings. The average Bonchev–Trinajstić information content (AvgIpc) is 3.56. The molecule has 25 heavy (non-hydrogen) atoms. The Kier molecular flexibility index (Phi) is 4.91. The predicted octanol–water partition coefficient (Wildman–Crippen LogP) is 4.13. The van der Waals surface area contributed by atoms with Gasteiger partial charge in [0.05, 0.1) is 0 Å². The number of rotatable bonds is 9. The average molecular weight is 335 g/mol. The Labute approximate surface area is 152 Å². The minimum absolute atomic E-state index is 0.509. The Morgan fingerprint density at radius 3 is 2.32 bits per heavy atom. The van der Waals surface area contributed by atoms with Crippen molar-refractivity contribution in [1.82, 2.24) is 10.6 Å². The lowest BCUT2D eigenvalue weighted by molar-refractivity contribution is 0.394. The van der Waals surface area contributed by atoms with Crippen molar-refractivity contribution in [3.05, 3.63) is 71.8 Å². The summed E-state index contributed by atoms with van der Waals surface area (Å²) in [6.45, 7) is 4.63. The van der Waals surface area contributed by atoms with Gasteiger partial charge in [0.1, 0.15) is 0 Å². The Balaban J connectivity index is 1.19. The third-order valence-corrected chi connectivity index (χ3v) is 5.92. The van der Waals surface area contributed by atoms with Gasteiger partial charge in [-0.1, -0.05) is 60.7 Å². The highest BCUT2D eigenvalue weighted by atomic mass is 15.0. The van der Waals surface area contributed by atoms with E-state index in [9.17, 15) is 0 Å². The molecule has 2 heteroatoms. The van der Waals surface area contributed by atoms with E-state index in [1.54, 1.807) is 0 Å². The van der Waals surface area contributed by atoms with Crippen molar-refractivity contribution in [2.45, 2.75) is 50.6 Å². The van der Waals surface area contributed by atoms with Gasteiger partial charge in [-0.3, -0.25) is 0 Å². The molecule has 0 aliphatic heterocycles. The molecular formula is C23H30N2. The van der Waals surface area contributed by atoms with Gasteiger partial charge in [-0.25, -0.2) is 0 Å². The molecule has 0 heterocycles. The van der Waals surface area contributed by atoms with E-state index in [4.69, 9.17) is 0 Å². The molecule has 2 aromatic rings. The summed E-state index contributed by atoms with van der Waals surface area (Å²) in [4.78, 5) is 0. The second-order valence-corrected chi connectivity index (χ2v) is 8.21. The van der Waals surface area contributed by atoms with E-state index in [1.807, 2.05) is 0 Å². The van der Waals surface area contributed by atoms with Crippen molar-refractivity contribution in [2.24, 2.45) is 5.41 Å². The highest BCUT2D eigenvalue weighted by Gasteiger charge is 2.45. The Hall–Kier alpha value is -1.64. The van der Waals surface area contributed by atoms with Gasteiger partial charge in [0.15, 0.2) is 0 Å². The molecule has 2 N–H and O–H groups in total. The lowest BCUT2D eigenvalue weighted by Crippen LogP contribution is -2.38. The number of hydrogen-bond acceptors (Lipinski definition) is 2. The van der Waals surface area contributed by atoms with Gasteiger partial charge in [-0.15, -0.1) is 0 Å². The zero-order chi connectivity index (χ0) is 17.1. The van der Waals surface area contributed by atoms with Crippen LogP contribution in [0.1, 0.15) is 43.2 Å². The van der Waals surface area contributed by atoms with Gasteiger partial charge < -0.3 is 10.6 Å². The second-order valence-electron chi connectivity index (χ2n) is 8.21. The second kappa shape index (κ2) is 7.31. The summed E-state index contributed by atoms with van der Waals surface area (Å²) < 4.78 is 0. The number of nitrogens with one attached hydrogen (secondary N) is 2. The van der Waals surface area contributed by atoms with E-state index in [2.05, 4.69) is 78.2 Å².